The molecule has 6 heteroatoms. The van der Waals surface area contributed by atoms with Gasteiger partial charge in [0.2, 0.25) is 0 Å². The first-order chi connectivity index (χ1) is 14.4. The molecule has 154 valence electrons. The molecular weight excluding hydrogens is 386 g/mol. The van der Waals surface area contributed by atoms with Gasteiger partial charge in [0.15, 0.2) is 5.78 Å². The molecule has 1 aliphatic heterocycles. The van der Waals surface area contributed by atoms with Crippen molar-refractivity contribution < 1.29 is 18.4 Å². The SMILES string of the molecule is CC1=C(C(=O)Nc2c(F)cccc2F)C(c2ccc(C)cc2)C2=C(CCCC2=O)N1. The lowest BCUT2D eigenvalue weighted by Gasteiger charge is -2.34. The average molecular weight is 408 g/mol. The third-order valence-corrected chi connectivity index (χ3v) is 5.63. The molecule has 0 aromatic heterocycles. The lowest BCUT2D eigenvalue weighted by molar-refractivity contribution is -0.116. The predicted octanol–water partition coefficient (Wildman–Crippen LogP) is 4.88. The van der Waals surface area contributed by atoms with Gasteiger partial charge in [-0.3, -0.25) is 9.59 Å². The third-order valence-electron chi connectivity index (χ3n) is 5.63. The second kappa shape index (κ2) is 7.86. The Morgan fingerprint density at radius 2 is 1.70 bits per heavy atom. The van der Waals surface area contributed by atoms with E-state index in [1.54, 1.807) is 6.92 Å². The van der Waals surface area contributed by atoms with Crippen LogP contribution in [0.1, 0.15) is 43.2 Å². The Balaban J connectivity index is 1.81. The van der Waals surface area contributed by atoms with Gasteiger partial charge in [-0.1, -0.05) is 35.9 Å². The van der Waals surface area contributed by atoms with Gasteiger partial charge in [0.05, 0.1) is 0 Å². The van der Waals surface area contributed by atoms with E-state index in [1.165, 1.54) is 6.07 Å². The van der Waals surface area contributed by atoms with Crippen molar-refractivity contribution in [3.05, 3.63) is 87.8 Å². The van der Waals surface area contributed by atoms with Crippen molar-refractivity contribution in [1.29, 1.82) is 0 Å². The molecule has 1 amide bonds. The average Bonchev–Trinajstić information content (AvgIpc) is 2.70. The number of carbonyl (C=O) groups excluding carboxylic acids is 2. The summed E-state index contributed by atoms with van der Waals surface area (Å²) in [5.41, 5.74) is 3.59. The molecule has 2 aromatic carbocycles. The minimum Gasteiger partial charge on any atom is -0.362 e. The summed E-state index contributed by atoms with van der Waals surface area (Å²) in [4.78, 5) is 26.1. The molecule has 1 heterocycles. The van der Waals surface area contributed by atoms with Crippen LogP contribution in [-0.4, -0.2) is 11.7 Å². The van der Waals surface area contributed by atoms with E-state index < -0.39 is 29.1 Å². The Labute approximate surface area is 173 Å². The molecular formula is C24H22F2N2O2. The molecule has 4 nitrogen and oxygen atoms in total. The number of aryl methyl sites for hydroxylation is 1. The summed E-state index contributed by atoms with van der Waals surface area (Å²) in [6.45, 7) is 3.70. The second-order valence-electron chi connectivity index (χ2n) is 7.73. The van der Waals surface area contributed by atoms with E-state index in [2.05, 4.69) is 10.6 Å². The number of Topliss-reactive ketones (excluding diaryl/α,β-unsaturated/α-hetero) is 1. The van der Waals surface area contributed by atoms with Crippen LogP contribution in [0.15, 0.2) is 65.0 Å². The minimum absolute atomic E-state index is 0.0100. The van der Waals surface area contributed by atoms with Gasteiger partial charge in [-0.2, -0.15) is 0 Å². The summed E-state index contributed by atoms with van der Waals surface area (Å²) in [6.07, 6.45) is 1.89. The Morgan fingerprint density at radius 3 is 2.37 bits per heavy atom. The molecule has 30 heavy (non-hydrogen) atoms. The fourth-order valence-electron chi connectivity index (χ4n) is 4.17. The van der Waals surface area contributed by atoms with E-state index in [9.17, 15) is 18.4 Å². The lowest BCUT2D eigenvalue weighted by atomic mass is 9.75. The van der Waals surface area contributed by atoms with Crippen LogP contribution in [0.25, 0.3) is 0 Å². The zero-order valence-electron chi connectivity index (χ0n) is 16.8. The van der Waals surface area contributed by atoms with Crippen molar-refractivity contribution in [2.75, 3.05) is 5.32 Å². The molecule has 1 aliphatic carbocycles. The fraction of sp³-hybridized carbons (Fsp3) is 0.250. The molecule has 2 aliphatic rings. The van der Waals surface area contributed by atoms with Crippen molar-refractivity contribution in [2.45, 2.75) is 39.0 Å². The van der Waals surface area contributed by atoms with Crippen molar-refractivity contribution in [3.8, 4) is 0 Å². The van der Waals surface area contributed by atoms with Crippen LogP contribution in [0.5, 0.6) is 0 Å². The van der Waals surface area contributed by atoms with Crippen LogP contribution in [0.4, 0.5) is 14.5 Å². The van der Waals surface area contributed by atoms with E-state index in [0.29, 0.717) is 17.7 Å². The molecule has 2 aromatic rings. The van der Waals surface area contributed by atoms with Crippen LogP contribution in [0.3, 0.4) is 0 Å². The van der Waals surface area contributed by atoms with Crippen LogP contribution in [-0.2, 0) is 9.59 Å². The molecule has 1 atom stereocenters. The molecule has 0 fully saturated rings. The summed E-state index contributed by atoms with van der Waals surface area (Å²) < 4.78 is 28.2. The van der Waals surface area contributed by atoms with Crippen LogP contribution in [0.2, 0.25) is 0 Å². The highest BCUT2D eigenvalue weighted by Crippen LogP contribution is 2.42. The number of allylic oxidation sites excluding steroid dienone is 3. The first-order valence-corrected chi connectivity index (χ1v) is 9.92. The molecule has 2 N–H and O–H groups in total. The minimum atomic E-state index is -0.856. The number of hydrogen-bond acceptors (Lipinski definition) is 3. The first-order valence-electron chi connectivity index (χ1n) is 9.92. The normalized spacial score (nSPS) is 18.8. The van der Waals surface area contributed by atoms with Gasteiger partial charge in [0.1, 0.15) is 17.3 Å². The molecule has 1 unspecified atom stereocenters. The molecule has 0 spiro atoms. The monoisotopic (exact) mass is 408 g/mol. The van der Waals surface area contributed by atoms with Gasteiger partial charge in [-0.15, -0.1) is 0 Å². The number of ketones is 1. The van der Waals surface area contributed by atoms with Gasteiger partial charge >= 0.3 is 0 Å². The number of nitrogens with one attached hydrogen (secondary N) is 2. The fourth-order valence-corrected chi connectivity index (χ4v) is 4.17. The van der Waals surface area contributed by atoms with Gasteiger partial charge in [0.25, 0.3) is 5.91 Å². The number of hydrogen-bond donors (Lipinski definition) is 2. The predicted molar refractivity (Wildman–Crippen MR) is 111 cm³/mol. The van der Waals surface area contributed by atoms with E-state index in [0.717, 1.165) is 41.8 Å². The van der Waals surface area contributed by atoms with Crippen LogP contribution >= 0.6 is 0 Å². The van der Waals surface area contributed by atoms with E-state index >= 15 is 0 Å². The van der Waals surface area contributed by atoms with Crippen molar-refractivity contribution in [2.24, 2.45) is 0 Å². The molecule has 0 saturated carbocycles. The summed E-state index contributed by atoms with van der Waals surface area (Å²) in [5.74, 6) is -2.95. The highest BCUT2D eigenvalue weighted by Gasteiger charge is 2.38. The number of dihydropyridines is 1. The van der Waals surface area contributed by atoms with Crippen molar-refractivity contribution >= 4 is 17.4 Å². The largest absolute Gasteiger partial charge is 0.362 e. The maximum atomic E-state index is 14.1. The standard InChI is InChI=1S/C24H22F2N2O2/c1-13-9-11-15(12-10-13)21-20(14(2)27-18-7-4-8-19(29)22(18)21)24(30)28-23-16(25)5-3-6-17(23)26/h3,5-6,9-12,21,27H,4,7-8H2,1-2H3,(H,28,30). The smallest absolute Gasteiger partial charge is 0.254 e. The maximum absolute atomic E-state index is 14.1. The Kier molecular flexibility index (Phi) is 5.24. The lowest BCUT2D eigenvalue weighted by Crippen LogP contribution is -2.35. The number of carbonyl (C=O) groups is 2. The van der Waals surface area contributed by atoms with Gasteiger partial charge in [0, 0.05) is 34.9 Å². The first kappa shape index (κ1) is 20.0. The molecule has 0 bridgehead atoms. The zero-order valence-corrected chi connectivity index (χ0v) is 16.8. The second-order valence-corrected chi connectivity index (χ2v) is 7.73. The van der Waals surface area contributed by atoms with Crippen molar-refractivity contribution in [1.82, 2.24) is 5.32 Å². The van der Waals surface area contributed by atoms with Gasteiger partial charge in [-0.25, -0.2) is 8.78 Å². The molecule has 4 rings (SSSR count). The summed E-state index contributed by atoms with van der Waals surface area (Å²) in [7, 11) is 0. The highest BCUT2D eigenvalue weighted by atomic mass is 19.1. The summed E-state index contributed by atoms with van der Waals surface area (Å²) in [5, 5.41) is 5.58. The zero-order chi connectivity index (χ0) is 21.4. The Morgan fingerprint density at radius 1 is 1.03 bits per heavy atom. The number of amides is 1. The van der Waals surface area contributed by atoms with Gasteiger partial charge < -0.3 is 10.6 Å². The molecule has 0 saturated heterocycles. The number of anilines is 1. The maximum Gasteiger partial charge on any atom is 0.254 e. The summed E-state index contributed by atoms with van der Waals surface area (Å²) >= 11 is 0. The number of benzene rings is 2. The Hall–Kier alpha value is -3.28. The van der Waals surface area contributed by atoms with Crippen LogP contribution in [0, 0.1) is 18.6 Å². The number of para-hydroxylation sites is 1. The van der Waals surface area contributed by atoms with Gasteiger partial charge in [-0.05, 0) is 44.4 Å². The highest BCUT2D eigenvalue weighted by molar-refractivity contribution is 6.09. The number of rotatable bonds is 3. The summed E-state index contributed by atoms with van der Waals surface area (Å²) in [6, 6.07) is 11.0. The van der Waals surface area contributed by atoms with E-state index in [-0.39, 0.29) is 11.4 Å². The van der Waals surface area contributed by atoms with Crippen molar-refractivity contribution in [3.63, 3.8) is 0 Å². The van der Waals surface area contributed by atoms with E-state index in [1.807, 2.05) is 31.2 Å². The Bertz CT molecular complexity index is 1080. The number of halogens is 2. The third kappa shape index (κ3) is 3.54. The quantitative estimate of drug-likeness (QED) is 0.761. The topological polar surface area (TPSA) is 58.2 Å². The molecule has 0 radical (unpaired) electrons. The van der Waals surface area contributed by atoms with Crippen LogP contribution < -0.4 is 10.6 Å². The van der Waals surface area contributed by atoms with E-state index in [4.69, 9.17) is 0 Å².